The Morgan fingerprint density at radius 3 is 2.56 bits per heavy atom. The molecular formula is C17H16ClFN2O4. The second-order valence-corrected chi connectivity index (χ2v) is 5.47. The molecule has 6 nitrogen and oxygen atoms in total. The van der Waals surface area contributed by atoms with Gasteiger partial charge < -0.3 is 20.1 Å². The summed E-state index contributed by atoms with van der Waals surface area (Å²) in [6.45, 7) is -0.390. The number of rotatable bonds is 6. The zero-order valence-corrected chi connectivity index (χ0v) is 14.3. The first-order chi connectivity index (χ1) is 11.8. The van der Waals surface area contributed by atoms with Crippen LogP contribution in [0.2, 0.25) is 5.02 Å². The maximum atomic E-state index is 13.9. The molecule has 2 N–H and O–H groups in total. The van der Waals surface area contributed by atoms with Gasteiger partial charge in [0.05, 0.1) is 17.8 Å². The number of primary amides is 1. The Hall–Kier alpha value is -2.80. The van der Waals surface area contributed by atoms with E-state index in [0.29, 0.717) is 0 Å². The normalized spacial score (nSPS) is 10.2. The summed E-state index contributed by atoms with van der Waals surface area (Å²) >= 11 is 6.12. The summed E-state index contributed by atoms with van der Waals surface area (Å²) in [5.74, 6) is -1.46. The molecule has 2 aromatic rings. The highest BCUT2D eigenvalue weighted by atomic mass is 35.5. The Balaban J connectivity index is 2.36. The van der Waals surface area contributed by atoms with Gasteiger partial charge in [0.1, 0.15) is 5.82 Å². The predicted molar refractivity (Wildman–Crippen MR) is 91.8 cm³/mol. The molecular weight excluding hydrogens is 351 g/mol. The summed E-state index contributed by atoms with van der Waals surface area (Å²) in [4.78, 5) is 24.6. The van der Waals surface area contributed by atoms with Gasteiger partial charge in [-0.2, -0.15) is 0 Å². The molecule has 0 aliphatic heterocycles. The Morgan fingerprint density at radius 1 is 1.28 bits per heavy atom. The SMILES string of the molecule is COc1cc(C(=O)N(C)c2ccccc2F)cc(Cl)c1OCC(N)=O. The first-order valence-electron chi connectivity index (χ1n) is 7.16. The standard InChI is InChI=1S/C17H16ClFN2O4/c1-21(13-6-4-3-5-12(13)19)17(23)10-7-11(18)16(14(8-10)24-2)25-9-15(20)22/h3-8H,9H2,1-2H3,(H2,20,22). The molecule has 0 radical (unpaired) electrons. The van der Waals surface area contributed by atoms with Gasteiger partial charge in [0, 0.05) is 12.6 Å². The van der Waals surface area contributed by atoms with Gasteiger partial charge in [-0.1, -0.05) is 23.7 Å². The van der Waals surface area contributed by atoms with Crippen molar-refractivity contribution in [1.29, 1.82) is 0 Å². The molecule has 0 atom stereocenters. The van der Waals surface area contributed by atoms with Gasteiger partial charge >= 0.3 is 0 Å². The van der Waals surface area contributed by atoms with Crippen molar-refractivity contribution in [2.75, 3.05) is 25.7 Å². The van der Waals surface area contributed by atoms with E-state index in [1.807, 2.05) is 0 Å². The van der Waals surface area contributed by atoms with Gasteiger partial charge in [0.15, 0.2) is 18.1 Å². The van der Waals surface area contributed by atoms with Gasteiger partial charge in [0.25, 0.3) is 11.8 Å². The third-order valence-corrected chi connectivity index (χ3v) is 3.63. The van der Waals surface area contributed by atoms with Crippen LogP contribution in [0.5, 0.6) is 11.5 Å². The van der Waals surface area contributed by atoms with Gasteiger partial charge in [0.2, 0.25) is 0 Å². The number of amides is 2. The van der Waals surface area contributed by atoms with Crippen molar-refractivity contribution < 1.29 is 23.5 Å². The number of halogens is 2. The molecule has 0 bridgehead atoms. The van der Waals surface area contributed by atoms with Crippen LogP contribution in [-0.4, -0.2) is 32.6 Å². The molecule has 0 spiro atoms. The number of methoxy groups -OCH3 is 1. The van der Waals surface area contributed by atoms with E-state index in [0.717, 1.165) is 4.90 Å². The van der Waals surface area contributed by atoms with E-state index in [1.54, 1.807) is 6.07 Å². The second kappa shape index (κ2) is 7.85. The molecule has 0 aromatic heterocycles. The average molecular weight is 367 g/mol. The van der Waals surface area contributed by atoms with Gasteiger partial charge in [-0.05, 0) is 24.3 Å². The van der Waals surface area contributed by atoms with Crippen LogP contribution in [0.4, 0.5) is 10.1 Å². The molecule has 0 saturated heterocycles. The first kappa shape index (κ1) is 18.5. The monoisotopic (exact) mass is 366 g/mol. The van der Waals surface area contributed by atoms with Crippen LogP contribution >= 0.6 is 11.6 Å². The number of carbonyl (C=O) groups excluding carboxylic acids is 2. The van der Waals surface area contributed by atoms with Crippen molar-refractivity contribution in [2.24, 2.45) is 5.73 Å². The summed E-state index contributed by atoms with van der Waals surface area (Å²) in [6, 6.07) is 8.63. The van der Waals surface area contributed by atoms with Crippen LogP contribution < -0.4 is 20.1 Å². The number of nitrogens with zero attached hydrogens (tertiary/aromatic N) is 1. The van der Waals surface area contributed by atoms with Crippen molar-refractivity contribution in [3.05, 3.63) is 52.8 Å². The van der Waals surface area contributed by atoms with E-state index in [4.69, 9.17) is 26.8 Å². The molecule has 0 aliphatic rings. The van der Waals surface area contributed by atoms with E-state index in [1.165, 1.54) is 44.5 Å². The molecule has 2 aromatic carbocycles. The third kappa shape index (κ3) is 4.19. The average Bonchev–Trinajstić information content (AvgIpc) is 2.59. The molecule has 0 fully saturated rings. The lowest BCUT2D eigenvalue weighted by atomic mass is 10.1. The Bertz CT molecular complexity index is 813. The molecule has 0 heterocycles. The van der Waals surface area contributed by atoms with Crippen LogP contribution in [0.25, 0.3) is 0 Å². The zero-order valence-electron chi connectivity index (χ0n) is 13.6. The smallest absolute Gasteiger partial charge is 0.258 e. The van der Waals surface area contributed by atoms with Gasteiger partial charge in [-0.15, -0.1) is 0 Å². The number of para-hydroxylation sites is 1. The minimum atomic E-state index is -0.683. The quantitative estimate of drug-likeness (QED) is 0.852. The zero-order chi connectivity index (χ0) is 18.6. The fourth-order valence-corrected chi connectivity index (χ4v) is 2.42. The number of benzene rings is 2. The Labute approximate surface area is 148 Å². The van der Waals surface area contributed by atoms with E-state index >= 15 is 0 Å². The lowest BCUT2D eigenvalue weighted by molar-refractivity contribution is -0.119. The van der Waals surface area contributed by atoms with Crippen LogP contribution in [-0.2, 0) is 4.79 Å². The molecule has 25 heavy (non-hydrogen) atoms. The molecule has 2 rings (SSSR count). The topological polar surface area (TPSA) is 81.9 Å². The lowest BCUT2D eigenvalue weighted by Crippen LogP contribution is -2.27. The molecule has 132 valence electrons. The first-order valence-corrected chi connectivity index (χ1v) is 7.54. The van der Waals surface area contributed by atoms with E-state index < -0.39 is 24.2 Å². The molecule has 0 unspecified atom stereocenters. The lowest BCUT2D eigenvalue weighted by Gasteiger charge is -2.19. The van der Waals surface area contributed by atoms with Crippen molar-refractivity contribution in [3.63, 3.8) is 0 Å². The van der Waals surface area contributed by atoms with Gasteiger partial charge in [-0.3, -0.25) is 9.59 Å². The molecule has 0 aliphatic carbocycles. The third-order valence-electron chi connectivity index (χ3n) is 3.35. The summed E-state index contributed by atoms with van der Waals surface area (Å²) in [5.41, 5.74) is 5.32. The number of anilines is 1. The van der Waals surface area contributed by atoms with Crippen LogP contribution in [0.15, 0.2) is 36.4 Å². The predicted octanol–water partition coefficient (Wildman–Crippen LogP) is 2.63. The maximum Gasteiger partial charge on any atom is 0.258 e. The number of ether oxygens (including phenoxy) is 2. The number of hydrogen-bond donors (Lipinski definition) is 1. The number of hydrogen-bond acceptors (Lipinski definition) is 4. The fourth-order valence-electron chi connectivity index (χ4n) is 2.15. The van der Waals surface area contributed by atoms with Crippen molar-refractivity contribution in [2.45, 2.75) is 0 Å². The van der Waals surface area contributed by atoms with E-state index in [9.17, 15) is 14.0 Å². The number of nitrogens with two attached hydrogens (primary N) is 1. The summed E-state index contributed by atoms with van der Waals surface area (Å²) in [5, 5.41) is 0.0610. The van der Waals surface area contributed by atoms with Gasteiger partial charge in [-0.25, -0.2) is 4.39 Å². The minimum absolute atomic E-state index is 0.0610. The molecule has 2 amide bonds. The summed E-state index contributed by atoms with van der Waals surface area (Å²) in [6.07, 6.45) is 0. The summed E-state index contributed by atoms with van der Waals surface area (Å²) in [7, 11) is 2.80. The van der Waals surface area contributed by atoms with Crippen LogP contribution in [0.3, 0.4) is 0 Å². The van der Waals surface area contributed by atoms with E-state index in [2.05, 4.69) is 0 Å². The van der Waals surface area contributed by atoms with Crippen LogP contribution in [0.1, 0.15) is 10.4 Å². The fraction of sp³-hybridized carbons (Fsp3) is 0.176. The maximum absolute atomic E-state index is 13.9. The van der Waals surface area contributed by atoms with Crippen molar-refractivity contribution in [1.82, 2.24) is 0 Å². The highest BCUT2D eigenvalue weighted by Gasteiger charge is 2.21. The highest BCUT2D eigenvalue weighted by molar-refractivity contribution is 6.32. The van der Waals surface area contributed by atoms with Crippen molar-refractivity contribution >= 4 is 29.1 Å². The Morgan fingerprint density at radius 2 is 1.96 bits per heavy atom. The highest BCUT2D eigenvalue weighted by Crippen LogP contribution is 2.37. The molecule has 0 saturated carbocycles. The number of carbonyl (C=O) groups is 2. The summed E-state index contributed by atoms with van der Waals surface area (Å²) < 4.78 is 24.2. The Kier molecular flexibility index (Phi) is 5.82. The largest absolute Gasteiger partial charge is 0.493 e. The second-order valence-electron chi connectivity index (χ2n) is 5.06. The van der Waals surface area contributed by atoms with Crippen LogP contribution in [0, 0.1) is 5.82 Å². The minimum Gasteiger partial charge on any atom is -0.493 e. The van der Waals surface area contributed by atoms with E-state index in [-0.39, 0.29) is 27.8 Å². The molecule has 8 heteroatoms. The van der Waals surface area contributed by atoms with Crippen molar-refractivity contribution in [3.8, 4) is 11.5 Å².